The van der Waals surface area contributed by atoms with Crippen LogP contribution in [0.2, 0.25) is 0 Å². The van der Waals surface area contributed by atoms with E-state index in [2.05, 4.69) is 9.72 Å². The molecule has 0 fully saturated rings. The molecule has 7 heteroatoms. The van der Waals surface area contributed by atoms with Crippen LogP contribution >= 0.6 is 22.6 Å². The van der Waals surface area contributed by atoms with E-state index < -0.39 is 6.36 Å². The summed E-state index contributed by atoms with van der Waals surface area (Å²) in [5.41, 5.74) is 0.328. The molecule has 0 spiro atoms. The lowest BCUT2D eigenvalue weighted by atomic mass is 10.3. The SMILES string of the molecule is COc1cc(OC(F)(F)F)c(C)c(I)n1. The van der Waals surface area contributed by atoms with Crippen LogP contribution in [0, 0.1) is 10.6 Å². The minimum atomic E-state index is -4.71. The highest BCUT2D eigenvalue weighted by molar-refractivity contribution is 14.1. The molecular weight excluding hydrogens is 326 g/mol. The summed E-state index contributed by atoms with van der Waals surface area (Å²) in [6.45, 7) is 1.50. The van der Waals surface area contributed by atoms with Crippen molar-refractivity contribution in [2.45, 2.75) is 13.3 Å². The van der Waals surface area contributed by atoms with Crippen LogP contribution in [0.15, 0.2) is 6.07 Å². The van der Waals surface area contributed by atoms with Crippen molar-refractivity contribution < 1.29 is 22.6 Å². The van der Waals surface area contributed by atoms with Gasteiger partial charge in [-0.05, 0) is 29.5 Å². The Hall–Kier alpha value is -0.730. The zero-order chi connectivity index (χ0) is 11.6. The Kier molecular flexibility index (Phi) is 3.63. The Morgan fingerprint density at radius 3 is 2.47 bits per heavy atom. The van der Waals surface area contributed by atoms with E-state index in [1.165, 1.54) is 14.0 Å². The largest absolute Gasteiger partial charge is 0.573 e. The maximum absolute atomic E-state index is 12.0. The third-order valence-corrected chi connectivity index (χ3v) is 2.63. The molecule has 1 aromatic rings. The van der Waals surface area contributed by atoms with E-state index in [1.807, 2.05) is 22.6 Å². The molecule has 15 heavy (non-hydrogen) atoms. The Bertz CT molecular complexity index is 368. The van der Waals surface area contributed by atoms with Crippen LogP contribution < -0.4 is 9.47 Å². The number of pyridine rings is 1. The number of methoxy groups -OCH3 is 1. The van der Waals surface area contributed by atoms with Gasteiger partial charge in [-0.25, -0.2) is 4.98 Å². The first kappa shape index (κ1) is 12.3. The predicted molar refractivity (Wildman–Crippen MR) is 54.9 cm³/mol. The Morgan fingerprint density at radius 2 is 2.00 bits per heavy atom. The fourth-order valence-corrected chi connectivity index (χ4v) is 1.37. The van der Waals surface area contributed by atoms with E-state index in [-0.39, 0.29) is 11.6 Å². The standard InChI is InChI=1S/C8H7F3INO2/c1-4-5(15-8(9,10)11)3-6(14-2)13-7(4)12/h3H,1-2H3. The second-order valence-electron chi connectivity index (χ2n) is 2.63. The van der Waals surface area contributed by atoms with Crippen LogP contribution in [0.25, 0.3) is 0 Å². The number of ether oxygens (including phenoxy) is 2. The molecule has 1 heterocycles. The Morgan fingerprint density at radius 1 is 1.40 bits per heavy atom. The van der Waals surface area contributed by atoms with Gasteiger partial charge in [0.15, 0.2) is 0 Å². The highest BCUT2D eigenvalue weighted by atomic mass is 127. The summed E-state index contributed by atoms with van der Waals surface area (Å²) in [4.78, 5) is 3.90. The summed E-state index contributed by atoms with van der Waals surface area (Å²) in [6, 6.07) is 1.10. The molecule has 0 saturated carbocycles. The summed E-state index contributed by atoms with van der Waals surface area (Å²) < 4.78 is 45.0. The molecule has 0 aliphatic heterocycles. The molecule has 0 radical (unpaired) electrons. The molecule has 0 unspecified atom stereocenters. The van der Waals surface area contributed by atoms with Gasteiger partial charge in [0.2, 0.25) is 5.88 Å². The van der Waals surface area contributed by atoms with Crippen molar-refractivity contribution in [2.75, 3.05) is 7.11 Å². The molecule has 0 saturated heterocycles. The molecule has 0 N–H and O–H groups in total. The smallest absolute Gasteiger partial charge is 0.481 e. The number of halogens is 4. The summed E-state index contributed by atoms with van der Waals surface area (Å²) in [5.74, 6) is -0.206. The normalized spacial score (nSPS) is 11.3. The first-order valence-electron chi connectivity index (χ1n) is 3.80. The van der Waals surface area contributed by atoms with E-state index in [0.29, 0.717) is 9.26 Å². The highest BCUT2D eigenvalue weighted by Gasteiger charge is 2.32. The van der Waals surface area contributed by atoms with Gasteiger partial charge in [-0.2, -0.15) is 0 Å². The summed E-state index contributed by atoms with van der Waals surface area (Å²) in [7, 11) is 1.32. The zero-order valence-electron chi connectivity index (χ0n) is 7.85. The predicted octanol–water partition coefficient (Wildman–Crippen LogP) is 2.90. The first-order valence-corrected chi connectivity index (χ1v) is 4.88. The maximum Gasteiger partial charge on any atom is 0.573 e. The molecule has 84 valence electrons. The molecule has 1 rings (SSSR count). The van der Waals surface area contributed by atoms with Crippen LogP contribution in [0.4, 0.5) is 13.2 Å². The van der Waals surface area contributed by atoms with Crippen molar-refractivity contribution >= 4 is 22.6 Å². The molecule has 0 aliphatic carbocycles. The third kappa shape index (κ3) is 3.40. The van der Waals surface area contributed by atoms with Gasteiger partial charge < -0.3 is 9.47 Å². The highest BCUT2D eigenvalue weighted by Crippen LogP contribution is 2.30. The van der Waals surface area contributed by atoms with Gasteiger partial charge in [-0.3, -0.25) is 0 Å². The van der Waals surface area contributed by atoms with Crippen molar-refractivity contribution in [3.63, 3.8) is 0 Å². The average molecular weight is 333 g/mol. The summed E-state index contributed by atoms with van der Waals surface area (Å²) >= 11 is 1.81. The minimum Gasteiger partial charge on any atom is -0.481 e. The van der Waals surface area contributed by atoms with Crippen LogP contribution in [-0.4, -0.2) is 18.5 Å². The number of nitrogens with zero attached hydrogens (tertiary/aromatic N) is 1. The molecule has 0 atom stereocenters. The summed E-state index contributed by atoms with van der Waals surface area (Å²) in [5, 5.41) is 0. The van der Waals surface area contributed by atoms with Gasteiger partial charge in [0.25, 0.3) is 0 Å². The van der Waals surface area contributed by atoms with Crippen LogP contribution in [0.5, 0.6) is 11.6 Å². The van der Waals surface area contributed by atoms with Gasteiger partial charge >= 0.3 is 6.36 Å². The number of aromatic nitrogens is 1. The lowest BCUT2D eigenvalue weighted by Crippen LogP contribution is -2.18. The molecule has 3 nitrogen and oxygen atoms in total. The Balaban J connectivity index is 3.11. The minimum absolute atomic E-state index is 0.0873. The Labute approximate surface area is 97.7 Å². The van der Waals surface area contributed by atoms with E-state index in [1.54, 1.807) is 0 Å². The van der Waals surface area contributed by atoms with Gasteiger partial charge in [0.1, 0.15) is 9.45 Å². The van der Waals surface area contributed by atoms with Crippen molar-refractivity contribution in [3.8, 4) is 11.6 Å². The zero-order valence-corrected chi connectivity index (χ0v) is 10.0. The lowest BCUT2D eigenvalue weighted by molar-refractivity contribution is -0.274. The fraction of sp³-hybridized carbons (Fsp3) is 0.375. The second-order valence-corrected chi connectivity index (χ2v) is 3.65. The van der Waals surface area contributed by atoms with Crippen LogP contribution in [-0.2, 0) is 0 Å². The van der Waals surface area contributed by atoms with Crippen molar-refractivity contribution in [2.24, 2.45) is 0 Å². The average Bonchev–Trinajstić information content (AvgIpc) is 2.10. The molecule has 1 aromatic heterocycles. The van der Waals surface area contributed by atoms with Gasteiger partial charge in [-0.15, -0.1) is 13.2 Å². The number of alkyl halides is 3. The third-order valence-electron chi connectivity index (χ3n) is 1.58. The van der Waals surface area contributed by atoms with Gasteiger partial charge in [-0.1, -0.05) is 0 Å². The van der Waals surface area contributed by atoms with E-state index >= 15 is 0 Å². The fourth-order valence-electron chi connectivity index (χ4n) is 0.870. The molecule has 0 amide bonds. The lowest BCUT2D eigenvalue weighted by Gasteiger charge is -2.12. The van der Waals surface area contributed by atoms with Crippen molar-refractivity contribution in [3.05, 3.63) is 15.3 Å². The van der Waals surface area contributed by atoms with Gasteiger partial charge in [0.05, 0.1) is 7.11 Å². The maximum atomic E-state index is 12.0. The number of rotatable bonds is 2. The van der Waals surface area contributed by atoms with E-state index in [0.717, 1.165) is 6.07 Å². The summed E-state index contributed by atoms with van der Waals surface area (Å²) in [6.07, 6.45) is -4.71. The monoisotopic (exact) mass is 333 g/mol. The first-order chi connectivity index (χ1) is 6.83. The number of hydrogen-bond acceptors (Lipinski definition) is 3. The number of hydrogen-bond donors (Lipinski definition) is 0. The van der Waals surface area contributed by atoms with Crippen molar-refractivity contribution in [1.82, 2.24) is 4.98 Å². The molecule has 0 aromatic carbocycles. The van der Waals surface area contributed by atoms with Crippen LogP contribution in [0.1, 0.15) is 5.56 Å². The van der Waals surface area contributed by atoms with E-state index in [9.17, 15) is 13.2 Å². The second kappa shape index (κ2) is 4.42. The molecular formula is C8H7F3INO2. The van der Waals surface area contributed by atoms with Gasteiger partial charge in [0, 0.05) is 11.6 Å². The molecule has 0 aliphatic rings. The van der Waals surface area contributed by atoms with Crippen molar-refractivity contribution in [1.29, 1.82) is 0 Å². The topological polar surface area (TPSA) is 31.4 Å². The quantitative estimate of drug-likeness (QED) is 0.616. The molecule has 0 bridgehead atoms. The van der Waals surface area contributed by atoms with Crippen LogP contribution in [0.3, 0.4) is 0 Å². The van der Waals surface area contributed by atoms with E-state index in [4.69, 9.17) is 4.74 Å².